The lowest BCUT2D eigenvalue weighted by Crippen LogP contribution is -2.41. The first kappa shape index (κ1) is 32.7. The molecular formula is C33H26ClF3N2O6S. The molecule has 5 rings (SSSR count). The summed E-state index contributed by atoms with van der Waals surface area (Å²) in [6, 6.07) is 18.0. The highest BCUT2D eigenvalue weighted by Gasteiger charge is 2.45. The molecule has 2 heterocycles. The van der Waals surface area contributed by atoms with Gasteiger partial charge in [0, 0.05) is 5.02 Å². The largest absolute Gasteiger partial charge is 0.489 e. The molecule has 0 saturated carbocycles. The van der Waals surface area contributed by atoms with Gasteiger partial charge in [-0.15, -0.1) is 0 Å². The average Bonchev–Trinajstić information content (AvgIpc) is 3.34. The summed E-state index contributed by atoms with van der Waals surface area (Å²) < 4.78 is 59.8. The fraction of sp³-hybridized carbons (Fsp3) is 0.212. The number of rotatable bonds is 9. The summed E-state index contributed by atoms with van der Waals surface area (Å²) in [6.45, 7) is 3.55. The number of ether oxygens (including phenoxy) is 3. The van der Waals surface area contributed by atoms with Crippen molar-refractivity contribution in [1.29, 1.82) is 0 Å². The molecule has 0 radical (unpaired) electrons. The van der Waals surface area contributed by atoms with Crippen LogP contribution in [0, 0.1) is 0 Å². The maximum absolute atomic E-state index is 14.3. The SMILES string of the molecule is CCOC(=O)C1=C(C(F)(F)F)N=c2s/c(=C\c3ccc(OCc4ccc(C(=O)OCC)cc4)cc3)c(=O)n2[C@H]1c1ccc(Cl)cc1. The Hall–Kier alpha value is -4.68. The number of halogens is 4. The van der Waals surface area contributed by atoms with Crippen LogP contribution in [-0.4, -0.2) is 35.9 Å². The van der Waals surface area contributed by atoms with Gasteiger partial charge in [0.1, 0.15) is 12.4 Å². The van der Waals surface area contributed by atoms with E-state index in [1.165, 1.54) is 37.3 Å². The van der Waals surface area contributed by atoms with Gasteiger partial charge in [-0.3, -0.25) is 9.36 Å². The van der Waals surface area contributed by atoms with Gasteiger partial charge >= 0.3 is 18.1 Å². The standard InChI is InChI=1S/C33H26ClF3N2O6S/c1-3-43-30(41)22-9-5-20(6-10-22)18-45-24-15-7-19(8-16-24)17-25-29(40)39-27(21-11-13-23(34)14-12-21)26(31(42)44-4-2)28(33(35,36)37)38-32(39)46-25/h5-17,27H,3-4,18H2,1-2H3/b25-17-/t27-/m0/s1. The highest BCUT2D eigenvalue weighted by molar-refractivity contribution is 7.07. The number of hydrogen-bond donors (Lipinski definition) is 0. The summed E-state index contributed by atoms with van der Waals surface area (Å²) in [5.74, 6) is -1.10. The number of esters is 2. The van der Waals surface area contributed by atoms with Crippen molar-refractivity contribution in [2.75, 3.05) is 13.2 Å². The van der Waals surface area contributed by atoms with Gasteiger partial charge in [0.2, 0.25) is 0 Å². The third kappa shape index (κ3) is 7.08. The van der Waals surface area contributed by atoms with Crippen LogP contribution in [0.15, 0.2) is 93.9 Å². The van der Waals surface area contributed by atoms with Crippen molar-refractivity contribution in [2.45, 2.75) is 32.7 Å². The Morgan fingerprint density at radius 3 is 2.17 bits per heavy atom. The number of nitrogens with zero attached hydrogens (tertiary/aromatic N) is 2. The minimum absolute atomic E-state index is 0.111. The van der Waals surface area contributed by atoms with Gasteiger partial charge in [0.25, 0.3) is 5.56 Å². The van der Waals surface area contributed by atoms with E-state index < -0.39 is 41.0 Å². The number of hydrogen-bond acceptors (Lipinski definition) is 8. The van der Waals surface area contributed by atoms with Crippen LogP contribution in [0.5, 0.6) is 5.75 Å². The Morgan fingerprint density at radius 2 is 1.57 bits per heavy atom. The molecule has 238 valence electrons. The van der Waals surface area contributed by atoms with E-state index in [-0.39, 0.29) is 34.7 Å². The Bertz CT molecular complexity index is 1970. The molecule has 1 atom stereocenters. The number of alkyl halides is 3. The summed E-state index contributed by atoms with van der Waals surface area (Å²) in [7, 11) is 0. The van der Waals surface area contributed by atoms with Gasteiger partial charge in [0.15, 0.2) is 10.5 Å². The second-order valence-corrected chi connectivity index (χ2v) is 11.3. The first-order valence-corrected chi connectivity index (χ1v) is 15.2. The summed E-state index contributed by atoms with van der Waals surface area (Å²) >= 11 is 6.79. The summed E-state index contributed by atoms with van der Waals surface area (Å²) in [5.41, 5.74) is -0.754. The van der Waals surface area contributed by atoms with E-state index in [2.05, 4.69) is 4.99 Å². The van der Waals surface area contributed by atoms with Crippen LogP contribution in [-0.2, 0) is 20.9 Å². The lowest BCUT2D eigenvalue weighted by Gasteiger charge is -2.26. The molecule has 0 aliphatic carbocycles. The summed E-state index contributed by atoms with van der Waals surface area (Å²) in [6.07, 6.45) is -3.47. The Balaban J connectivity index is 1.47. The molecule has 0 spiro atoms. The van der Waals surface area contributed by atoms with Crippen LogP contribution >= 0.6 is 22.9 Å². The van der Waals surface area contributed by atoms with E-state index in [1.54, 1.807) is 55.5 Å². The first-order chi connectivity index (χ1) is 22.0. The lowest BCUT2D eigenvalue weighted by atomic mass is 9.95. The average molecular weight is 671 g/mol. The molecule has 1 aliphatic heterocycles. The maximum atomic E-state index is 14.3. The van der Waals surface area contributed by atoms with E-state index in [0.29, 0.717) is 21.9 Å². The van der Waals surface area contributed by atoms with E-state index in [0.717, 1.165) is 21.5 Å². The molecule has 0 bridgehead atoms. The van der Waals surface area contributed by atoms with E-state index >= 15 is 0 Å². The second-order valence-electron chi connectivity index (χ2n) is 9.89. The quantitative estimate of drug-likeness (QED) is 0.211. The molecule has 13 heteroatoms. The van der Waals surface area contributed by atoms with Crippen LogP contribution in [0.4, 0.5) is 13.2 Å². The minimum Gasteiger partial charge on any atom is -0.489 e. The van der Waals surface area contributed by atoms with Crippen molar-refractivity contribution >= 4 is 41.0 Å². The fourth-order valence-electron chi connectivity index (χ4n) is 4.73. The van der Waals surface area contributed by atoms with Crippen LogP contribution < -0.4 is 19.6 Å². The van der Waals surface area contributed by atoms with Crippen LogP contribution in [0.3, 0.4) is 0 Å². The molecule has 46 heavy (non-hydrogen) atoms. The first-order valence-electron chi connectivity index (χ1n) is 14.0. The van der Waals surface area contributed by atoms with Gasteiger partial charge in [0.05, 0.1) is 34.9 Å². The van der Waals surface area contributed by atoms with Crippen molar-refractivity contribution in [2.24, 2.45) is 4.99 Å². The van der Waals surface area contributed by atoms with E-state index in [4.69, 9.17) is 25.8 Å². The number of carbonyl (C=O) groups is 2. The number of fused-ring (bicyclic) bond motifs is 1. The molecule has 0 fully saturated rings. The Morgan fingerprint density at radius 1 is 0.935 bits per heavy atom. The second kappa shape index (κ2) is 13.8. The normalized spacial score (nSPS) is 14.8. The molecule has 0 saturated heterocycles. The zero-order chi connectivity index (χ0) is 33.0. The number of aromatic nitrogens is 1. The van der Waals surface area contributed by atoms with Crippen LogP contribution in [0.1, 0.15) is 46.9 Å². The van der Waals surface area contributed by atoms with Crippen molar-refractivity contribution in [3.63, 3.8) is 0 Å². The van der Waals surface area contributed by atoms with Gasteiger partial charge in [-0.25, -0.2) is 14.6 Å². The summed E-state index contributed by atoms with van der Waals surface area (Å²) in [5, 5.41) is 0.327. The Kier molecular flexibility index (Phi) is 9.78. The summed E-state index contributed by atoms with van der Waals surface area (Å²) in [4.78, 5) is 42.0. The number of carbonyl (C=O) groups excluding carboxylic acids is 2. The maximum Gasteiger partial charge on any atom is 0.434 e. The van der Waals surface area contributed by atoms with Gasteiger partial charge in [-0.05, 0) is 73.0 Å². The highest BCUT2D eigenvalue weighted by Crippen LogP contribution is 2.38. The van der Waals surface area contributed by atoms with E-state index in [1.807, 2.05) is 0 Å². The number of thiazole rings is 1. The molecule has 0 unspecified atom stereocenters. The predicted molar refractivity (Wildman–Crippen MR) is 165 cm³/mol. The molecular weight excluding hydrogens is 645 g/mol. The van der Waals surface area contributed by atoms with Crippen LogP contribution in [0.2, 0.25) is 5.02 Å². The number of allylic oxidation sites excluding steroid dienone is 1. The van der Waals surface area contributed by atoms with Crippen molar-refractivity contribution < 1.29 is 37.0 Å². The molecule has 1 aliphatic rings. The predicted octanol–water partition coefficient (Wildman–Crippen LogP) is 5.75. The van der Waals surface area contributed by atoms with Crippen LogP contribution in [0.25, 0.3) is 6.08 Å². The minimum atomic E-state index is -5.00. The molecule has 0 amide bonds. The molecule has 0 N–H and O–H groups in total. The molecule has 4 aromatic rings. The number of benzene rings is 3. The van der Waals surface area contributed by atoms with Gasteiger partial charge in [-0.2, -0.15) is 13.2 Å². The Labute approximate surface area is 269 Å². The highest BCUT2D eigenvalue weighted by atomic mass is 35.5. The molecule has 1 aromatic heterocycles. The third-order valence-corrected chi connectivity index (χ3v) is 8.06. The topological polar surface area (TPSA) is 96.2 Å². The zero-order valence-electron chi connectivity index (χ0n) is 24.5. The molecule has 3 aromatic carbocycles. The molecule has 8 nitrogen and oxygen atoms in total. The zero-order valence-corrected chi connectivity index (χ0v) is 26.0. The third-order valence-electron chi connectivity index (χ3n) is 6.83. The fourth-order valence-corrected chi connectivity index (χ4v) is 5.86. The van der Waals surface area contributed by atoms with Gasteiger partial charge < -0.3 is 14.2 Å². The smallest absolute Gasteiger partial charge is 0.434 e. The van der Waals surface area contributed by atoms with Gasteiger partial charge in [-0.1, -0.05) is 59.3 Å². The lowest BCUT2D eigenvalue weighted by molar-refractivity contribution is -0.140. The van der Waals surface area contributed by atoms with Crippen molar-refractivity contribution in [3.8, 4) is 5.75 Å². The van der Waals surface area contributed by atoms with E-state index in [9.17, 15) is 27.6 Å². The van der Waals surface area contributed by atoms with Crippen molar-refractivity contribution in [3.05, 3.63) is 131 Å². The van der Waals surface area contributed by atoms with Crippen molar-refractivity contribution in [1.82, 2.24) is 4.57 Å². The monoisotopic (exact) mass is 670 g/mol.